The zero-order valence-corrected chi connectivity index (χ0v) is 15.9. The van der Waals surface area contributed by atoms with E-state index in [4.69, 9.17) is 9.47 Å². The lowest BCUT2D eigenvalue weighted by Crippen LogP contribution is -2.48. The molecule has 2 rings (SSSR count). The van der Waals surface area contributed by atoms with E-state index in [-0.39, 0.29) is 6.61 Å². The summed E-state index contributed by atoms with van der Waals surface area (Å²) in [5.74, 6) is -1.68. The number of carbonyl (C=O) groups excluding carboxylic acids is 3. The van der Waals surface area contributed by atoms with Crippen molar-refractivity contribution in [2.75, 3.05) is 13.2 Å². The van der Waals surface area contributed by atoms with E-state index in [9.17, 15) is 14.4 Å². The average molecular weight is 376 g/mol. The van der Waals surface area contributed by atoms with E-state index in [0.717, 1.165) is 18.5 Å². The molecule has 148 valence electrons. The third kappa shape index (κ3) is 6.77. The lowest BCUT2D eigenvalue weighted by molar-refractivity contribution is -0.162. The van der Waals surface area contributed by atoms with Crippen LogP contribution < -0.4 is 10.6 Å². The second-order valence-corrected chi connectivity index (χ2v) is 6.61. The fourth-order valence-electron chi connectivity index (χ4n) is 2.98. The first-order valence-corrected chi connectivity index (χ1v) is 9.46. The zero-order chi connectivity index (χ0) is 19.6. The van der Waals surface area contributed by atoms with Crippen molar-refractivity contribution in [1.82, 2.24) is 10.6 Å². The molecule has 2 N–H and O–H groups in total. The van der Waals surface area contributed by atoms with Crippen LogP contribution in [0.2, 0.25) is 0 Å². The molecule has 3 atom stereocenters. The van der Waals surface area contributed by atoms with Crippen molar-refractivity contribution >= 4 is 17.9 Å². The van der Waals surface area contributed by atoms with Gasteiger partial charge < -0.3 is 14.8 Å². The first-order chi connectivity index (χ1) is 13.0. The maximum absolute atomic E-state index is 12.2. The highest BCUT2D eigenvalue weighted by Crippen LogP contribution is 2.09. The maximum Gasteiger partial charge on any atom is 0.330 e. The summed E-state index contributed by atoms with van der Waals surface area (Å²) in [6, 6.07) is 7.86. The topological polar surface area (TPSA) is 93.7 Å². The molecule has 1 saturated heterocycles. The molecule has 0 saturated carbocycles. The van der Waals surface area contributed by atoms with Gasteiger partial charge in [0.2, 0.25) is 0 Å². The molecule has 0 radical (unpaired) electrons. The molecule has 7 nitrogen and oxygen atoms in total. The molecule has 1 aliphatic rings. The Morgan fingerprint density at radius 2 is 1.96 bits per heavy atom. The number of benzene rings is 1. The van der Waals surface area contributed by atoms with Gasteiger partial charge in [-0.15, -0.1) is 0 Å². The Morgan fingerprint density at radius 3 is 2.59 bits per heavy atom. The molecule has 7 heteroatoms. The van der Waals surface area contributed by atoms with Crippen molar-refractivity contribution in [3.63, 3.8) is 0 Å². The minimum absolute atomic E-state index is 0.257. The summed E-state index contributed by atoms with van der Waals surface area (Å²) in [7, 11) is 0. The highest BCUT2D eigenvalue weighted by molar-refractivity contribution is 5.91. The largest absolute Gasteiger partial charge is 0.465 e. The molecule has 1 heterocycles. The third-order valence-corrected chi connectivity index (χ3v) is 4.49. The van der Waals surface area contributed by atoms with Crippen molar-refractivity contribution in [2.24, 2.45) is 0 Å². The molecule has 0 bridgehead atoms. The molecule has 0 aromatic heterocycles. The average Bonchev–Trinajstić information content (AvgIpc) is 3.20. The van der Waals surface area contributed by atoms with Crippen LogP contribution in [-0.2, 0) is 30.3 Å². The van der Waals surface area contributed by atoms with Gasteiger partial charge in [0.1, 0.15) is 18.1 Å². The molecule has 1 aromatic rings. The number of nitrogens with one attached hydrogen (secondary N) is 2. The third-order valence-electron chi connectivity index (χ3n) is 4.49. The van der Waals surface area contributed by atoms with E-state index in [1.165, 1.54) is 0 Å². The molecular formula is C20H28N2O5. The number of hydrogen-bond acceptors (Lipinski definition) is 7. The van der Waals surface area contributed by atoms with E-state index in [0.29, 0.717) is 19.3 Å². The van der Waals surface area contributed by atoms with Crippen molar-refractivity contribution in [3.05, 3.63) is 35.9 Å². The normalized spacial score (nSPS) is 18.5. The van der Waals surface area contributed by atoms with Gasteiger partial charge in [-0.25, -0.2) is 9.59 Å². The smallest absolute Gasteiger partial charge is 0.330 e. The molecule has 0 amide bonds. The summed E-state index contributed by atoms with van der Waals surface area (Å²) in [4.78, 5) is 36.4. The van der Waals surface area contributed by atoms with Crippen LogP contribution >= 0.6 is 0 Å². The summed E-state index contributed by atoms with van der Waals surface area (Å²) >= 11 is 0. The van der Waals surface area contributed by atoms with Gasteiger partial charge in [0.05, 0.1) is 6.61 Å². The Morgan fingerprint density at radius 1 is 1.22 bits per heavy atom. The van der Waals surface area contributed by atoms with Gasteiger partial charge in [0.25, 0.3) is 0 Å². The van der Waals surface area contributed by atoms with Crippen molar-refractivity contribution in [3.8, 4) is 0 Å². The van der Waals surface area contributed by atoms with Crippen LogP contribution in [0.25, 0.3) is 0 Å². The standard InChI is InChI=1S/C20H28N2O5/c1-3-26-19(24)17(12-11-15-8-5-4-6-9-15)22-14(2)18(23)27-20(25)16-10-7-13-21-16/h4-6,8-9,14,16-17,21-22H,3,7,10-13H2,1-2H3/t14?,16-,17?/m0/s1. The van der Waals surface area contributed by atoms with Crippen LogP contribution in [0.15, 0.2) is 30.3 Å². The van der Waals surface area contributed by atoms with Gasteiger partial charge in [0.15, 0.2) is 0 Å². The van der Waals surface area contributed by atoms with Crippen LogP contribution in [-0.4, -0.2) is 49.2 Å². The predicted molar refractivity (Wildman–Crippen MR) is 99.9 cm³/mol. The number of ether oxygens (including phenoxy) is 2. The summed E-state index contributed by atoms with van der Waals surface area (Å²) < 4.78 is 10.0. The van der Waals surface area contributed by atoms with Gasteiger partial charge in [-0.1, -0.05) is 30.3 Å². The minimum Gasteiger partial charge on any atom is -0.465 e. The van der Waals surface area contributed by atoms with Crippen molar-refractivity contribution < 1.29 is 23.9 Å². The summed E-state index contributed by atoms with van der Waals surface area (Å²) in [5, 5.41) is 5.94. The molecule has 1 aromatic carbocycles. The van der Waals surface area contributed by atoms with Gasteiger partial charge in [0, 0.05) is 0 Å². The van der Waals surface area contributed by atoms with E-state index in [1.807, 2.05) is 30.3 Å². The first-order valence-electron chi connectivity index (χ1n) is 9.46. The van der Waals surface area contributed by atoms with E-state index < -0.39 is 36.0 Å². The first kappa shape index (κ1) is 21.1. The van der Waals surface area contributed by atoms with Gasteiger partial charge in [-0.3, -0.25) is 10.1 Å². The number of aryl methyl sites for hydroxylation is 1. The predicted octanol–water partition coefficient (Wildman–Crippen LogP) is 1.35. The molecule has 1 fully saturated rings. The van der Waals surface area contributed by atoms with Crippen LogP contribution in [0.1, 0.15) is 38.7 Å². The van der Waals surface area contributed by atoms with Gasteiger partial charge in [-0.2, -0.15) is 0 Å². The van der Waals surface area contributed by atoms with E-state index >= 15 is 0 Å². The number of carbonyl (C=O) groups is 3. The second-order valence-electron chi connectivity index (χ2n) is 6.61. The fraction of sp³-hybridized carbons (Fsp3) is 0.550. The SMILES string of the molecule is CCOC(=O)C(CCc1ccccc1)NC(C)C(=O)OC(=O)[C@@H]1CCCN1. The number of rotatable bonds is 9. The Labute approximate surface area is 159 Å². The minimum atomic E-state index is -0.805. The summed E-state index contributed by atoms with van der Waals surface area (Å²) in [6.07, 6.45) is 2.67. The Kier molecular flexibility index (Phi) is 8.42. The van der Waals surface area contributed by atoms with Crippen LogP contribution in [0.4, 0.5) is 0 Å². The Hall–Kier alpha value is -2.25. The number of hydrogen-bond donors (Lipinski definition) is 2. The quantitative estimate of drug-likeness (QED) is 0.496. The van der Waals surface area contributed by atoms with E-state index in [1.54, 1.807) is 13.8 Å². The Bertz CT molecular complexity index is 629. The molecule has 0 spiro atoms. The monoisotopic (exact) mass is 376 g/mol. The lowest BCUT2D eigenvalue weighted by Gasteiger charge is -2.21. The van der Waals surface area contributed by atoms with Gasteiger partial charge >= 0.3 is 17.9 Å². The molecule has 0 aliphatic carbocycles. The van der Waals surface area contributed by atoms with Crippen molar-refractivity contribution in [2.45, 2.75) is 57.7 Å². The van der Waals surface area contributed by atoms with Crippen LogP contribution in [0, 0.1) is 0 Å². The fourth-order valence-corrected chi connectivity index (χ4v) is 2.98. The number of esters is 3. The highest BCUT2D eigenvalue weighted by atomic mass is 16.6. The van der Waals surface area contributed by atoms with Crippen LogP contribution in [0.5, 0.6) is 0 Å². The highest BCUT2D eigenvalue weighted by Gasteiger charge is 2.30. The molecule has 27 heavy (non-hydrogen) atoms. The van der Waals surface area contributed by atoms with Crippen molar-refractivity contribution in [1.29, 1.82) is 0 Å². The second kappa shape index (κ2) is 10.8. The maximum atomic E-state index is 12.2. The molecule has 2 unspecified atom stereocenters. The van der Waals surface area contributed by atoms with Gasteiger partial charge in [-0.05, 0) is 51.6 Å². The summed E-state index contributed by atoms with van der Waals surface area (Å²) in [6.45, 7) is 4.31. The zero-order valence-electron chi connectivity index (χ0n) is 15.9. The Balaban J connectivity index is 1.90. The van der Waals surface area contributed by atoms with E-state index in [2.05, 4.69) is 10.6 Å². The molecular weight excluding hydrogens is 348 g/mol. The summed E-state index contributed by atoms with van der Waals surface area (Å²) in [5.41, 5.74) is 1.09. The van der Waals surface area contributed by atoms with Crippen LogP contribution in [0.3, 0.4) is 0 Å². The molecule has 1 aliphatic heterocycles. The lowest BCUT2D eigenvalue weighted by atomic mass is 10.0.